The Bertz CT molecular complexity index is 1630. The summed E-state index contributed by atoms with van der Waals surface area (Å²) in [5, 5.41) is 0.621. The molecule has 154 valence electrons. The van der Waals surface area contributed by atoms with Crippen LogP contribution in [-0.2, 0) is 10.0 Å². The zero-order valence-corrected chi connectivity index (χ0v) is 17.7. The predicted molar refractivity (Wildman–Crippen MR) is 120 cm³/mol. The summed E-state index contributed by atoms with van der Waals surface area (Å²) in [5.41, 5.74) is 3.07. The normalized spacial score (nSPS) is 11.9. The van der Waals surface area contributed by atoms with Crippen molar-refractivity contribution in [2.45, 2.75) is 18.7 Å². The van der Waals surface area contributed by atoms with Crippen LogP contribution < -0.4 is 5.63 Å². The lowest BCUT2D eigenvalue weighted by Gasteiger charge is -2.12. The number of nitrogens with zero attached hydrogens (tertiary/aromatic N) is 2. The molecule has 0 N–H and O–H groups in total. The average molecular weight is 430 g/mol. The lowest BCUT2D eigenvalue weighted by molar-refractivity contribution is 0.561. The summed E-state index contributed by atoms with van der Waals surface area (Å²) in [5.74, 6) is 0.172. The van der Waals surface area contributed by atoms with E-state index in [4.69, 9.17) is 4.42 Å². The SMILES string of the molecule is Cc1ccc(S(=O)(=O)n2c(-c3cc(=O)oc4ccc(C)cc34)nc3ccccc32)cc1. The monoisotopic (exact) mass is 430 g/mol. The first-order chi connectivity index (χ1) is 14.8. The summed E-state index contributed by atoms with van der Waals surface area (Å²) >= 11 is 0. The van der Waals surface area contributed by atoms with E-state index in [1.165, 1.54) is 10.0 Å². The van der Waals surface area contributed by atoms with E-state index in [2.05, 4.69) is 4.98 Å². The van der Waals surface area contributed by atoms with Gasteiger partial charge in [0.05, 0.1) is 15.9 Å². The number of hydrogen-bond donors (Lipinski definition) is 0. The van der Waals surface area contributed by atoms with Gasteiger partial charge < -0.3 is 4.42 Å². The summed E-state index contributed by atoms with van der Waals surface area (Å²) in [4.78, 5) is 17.1. The van der Waals surface area contributed by atoms with E-state index < -0.39 is 15.6 Å². The molecular weight excluding hydrogens is 412 g/mol. The predicted octanol–water partition coefficient (Wildman–Crippen LogP) is 4.66. The van der Waals surface area contributed by atoms with Crippen LogP contribution in [0.15, 0.2) is 86.9 Å². The summed E-state index contributed by atoms with van der Waals surface area (Å²) in [7, 11) is -3.99. The van der Waals surface area contributed by atoms with Crippen LogP contribution >= 0.6 is 0 Å². The number of aromatic nitrogens is 2. The van der Waals surface area contributed by atoms with Gasteiger partial charge in [-0.2, -0.15) is 0 Å². The van der Waals surface area contributed by atoms with Crippen LogP contribution in [0, 0.1) is 13.8 Å². The third-order valence-corrected chi connectivity index (χ3v) is 6.94. The molecule has 0 spiro atoms. The molecule has 0 fully saturated rings. The molecule has 0 bridgehead atoms. The molecule has 0 aliphatic carbocycles. The highest BCUT2D eigenvalue weighted by Crippen LogP contribution is 2.33. The fourth-order valence-electron chi connectivity index (χ4n) is 3.69. The highest BCUT2D eigenvalue weighted by atomic mass is 32.2. The minimum absolute atomic E-state index is 0.144. The molecule has 5 rings (SSSR count). The van der Waals surface area contributed by atoms with Gasteiger partial charge in [0, 0.05) is 17.0 Å². The molecule has 31 heavy (non-hydrogen) atoms. The standard InChI is InChI=1S/C24H18N2O4S/c1-15-7-10-17(11-8-15)31(28,29)26-21-6-4-3-5-20(21)25-24(26)19-14-23(27)30-22-12-9-16(2)13-18(19)22/h3-14H,1-2H3. The number of fused-ring (bicyclic) bond motifs is 2. The van der Waals surface area contributed by atoms with Crippen LogP contribution in [0.3, 0.4) is 0 Å². The van der Waals surface area contributed by atoms with Gasteiger partial charge in [-0.15, -0.1) is 0 Å². The van der Waals surface area contributed by atoms with E-state index in [1.54, 1.807) is 54.6 Å². The average Bonchev–Trinajstić information content (AvgIpc) is 3.14. The number of benzene rings is 3. The Labute approximate surface area is 178 Å². The Morgan fingerprint density at radius 2 is 1.58 bits per heavy atom. The largest absolute Gasteiger partial charge is 0.423 e. The van der Waals surface area contributed by atoms with Crippen LogP contribution in [0.5, 0.6) is 0 Å². The minimum atomic E-state index is -3.99. The fourth-order valence-corrected chi connectivity index (χ4v) is 5.17. The van der Waals surface area contributed by atoms with Crippen molar-refractivity contribution in [2.24, 2.45) is 0 Å². The van der Waals surface area contributed by atoms with Crippen molar-refractivity contribution >= 4 is 32.0 Å². The lowest BCUT2D eigenvalue weighted by atomic mass is 10.1. The van der Waals surface area contributed by atoms with Crippen LogP contribution in [0.25, 0.3) is 33.4 Å². The Morgan fingerprint density at radius 1 is 0.871 bits per heavy atom. The molecule has 0 radical (unpaired) electrons. The number of para-hydroxylation sites is 2. The van der Waals surface area contributed by atoms with Gasteiger partial charge in [-0.3, -0.25) is 0 Å². The molecule has 2 aromatic heterocycles. The van der Waals surface area contributed by atoms with Crippen molar-refractivity contribution in [1.82, 2.24) is 8.96 Å². The van der Waals surface area contributed by atoms with Gasteiger partial charge in [-0.05, 0) is 50.2 Å². The minimum Gasteiger partial charge on any atom is -0.423 e. The number of rotatable bonds is 3. The van der Waals surface area contributed by atoms with Crippen molar-refractivity contribution in [3.63, 3.8) is 0 Å². The molecular formula is C24H18N2O4S. The molecule has 0 aliphatic heterocycles. The van der Waals surface area contributed by atoms with Gasteiger partial charge >= 0.3 is 5.63 Å². The first-order valence-corrected chi connectivity index (χ1v) is 11.1. The Balaban J connectivity index is 1.91. The third-order valence-electron chi connectivity index (χ3n) is 5.22. The molecule has 0 atom stereocenters. The van der Waals surface area contributed by atoms with Crippen LogP contribution in [0.1, 0.15) is 11.1 Å². The van der Waals surface area contributed by atoms with Gasteiger partial charge in [0.1, 0.15) is 5.58 Å². The molecule has 3 aromatic carbocycles. The van der Waals surface area contributed by atoms with E-state index in [0.29, 0.717) is 27.6 Å². The van der Waals surface area contributed by atoms with E-state index >= 15 is 0 Å². The van der Waals surface area contributed by atoms with Crippen molar-refractivity contribution in [3.8, 4) is 11.4 Å². The van der Waals surface area contributed by atoms with Crippen molar-refractivity contribution in [2.75, 3.05) is 0 Å². The van der Waals surface area contributed by atoms with Crippen LogP contribution in [0.2, 0.25) is 0 Å². The summed E-state index contributed by atoms with van der Waals surface area (Å²) in [6.45, 7) is 3.81. The molecule has 0 unspecified atom stereocenters. The van der Waals surface area contributed by atoms with Crippen LogP contribution in [-0.4, -0.2) is 17.4 Å². The number of hydrogen-bond acceptors (Lipinski definition) is 5. The Kier molecular flexibility index (Phi) is 4.30. The zero-order valence-electron chi connectivity index (χ0n) is 16.9. The highest BCUT2D eigenvalue weighted by Gasteiger charge is 2.26. The third kappa shape index (κ3) is 3.14. The maximum absolute atomic E-state index is 13.7. The second-order valence-corrected chi connectivity index (χ2v) is 9.27. The van der Waals surface area contributed by atoms with Gasteiger partial charge in [0.25, 0.3) is 10.0 Å². The topological polar surface area (TPSA) is 82.2 Å². The molecule has 0 amide bonds. The number of aryl methyl sites for hydroxylation is 2. The maximum Gasteiger partial charge on any atom is 0.336 e. The maximum atomic E-state index is 13.7. The van der Waals surface area contributed by atoms with E-state index in [-0.39, 0.29) is 10.7 Å². The number of imidazole rings is 1. The molecule has 2 heterocycles. The second kappa shape index (κ2) is 6.92. The first-order valence-electron chi connectivity index (χ1n) is 9.69. The van der Waals surface area contributed by atoms with E-state index in [9.17, 15) is 13.2 Å². The molecule has 0 aliphatic rings. The fraction of sp³-hybridized carbons (Fsp3) is 0.0833. The summed E-state index contributed by atoms with van der Waals surface area (Å²) in [6.07, 6.45) is 0. The molecule has 0 saturated carbocycles. The van der Waals surface area contributed by atoms with Crippen molar-refractivity contribution < 1.29 is 12.8 Å². The highest BCUT2D eigenvalue weighted by molar-refractivity contribution is 7.90. The lowest BCUT2D eigenvalue weighted by Crippen LogP contribution is -2.15. The Hall–Kier alpha value is -3.71. The van der Waals surface area contributed by atoms with Crippen LogP contribution in [0.4, 0.5) is 0 Å². The zero-order chi connectivity index (χ0) is 21.8. The first kappa shape index (κ1) is 19.3. The second-order valence-electron chi connectivity index (χ2n) is 7.49. The Morgan fingerprint density at radius 3 is 2.35 bits per heavy atom. The molecule has 0 saturated heterocycles. The van der Waals surface area contributed by atoms with Gasteiger partial charge in [0.15, 0.2) is 5.82 Å². The summed E-state index contributed by atoms with van der Waals surface area (Å²) in [6, 6.07) is 20.4. The van der Waals surface area contributed by atoms with E-state index in [1.807, 2.05) is 26.0 Å². The van der Waals surface area contributed by atoms with Gasteiger partial charge in [-0.1, -0.05) is 41.5 Å². The summed E-state index contributed by atoms with van der Waals surface area (Å²) < 4.78 is 34.0. The van der Waals surface area contributed by atoms with E-state index in [0.717, 1.165) is 11.1 Å². The van der Waals surface area contributed by atoms with Gasteiger partial charge in [0.2, 0.25) is 0 Å². The molecule has 5 aromatic rings. The smallest absolute Gasteiger partial charge is 0.336 e. The van der Waals surface area contributed by atoms with Crippen molar-refractivity contribution in [1.29, 1.82) is 0 Å². The molecule has 6 nitrogen and oxygen atoms in total. The quantitative estimate of drug-likeness (QED) is 0.389. The molecule has 7 heteroatoms. The van der Waals surface area contributed by atoms with Crippen molar-refractivity contribution in [3.05, 3.63) is 94.3 Å². The van der Waals surface area contributed by atoms with Gasteiger partial charge in [-0.25, -0.2) is 22.2 Å².